The Kier molecular flexibility index (Phi) is 15.8. The van der Waals surface area contributed by atoms with E-state index in [0.29, 0.717) is 11.5 Å². The summed E-state index contributed by atoms with van der Waals surface area (Å²) in [5.41, 5.74) is 17.4. The quantitative estimate of drug-likeness (QED) is 0.108. The Bertz CT molecular complexity index is 3910. The topological polar surface area (TPSA) is 33.5 Å². The van der Waals surface area contributed by atoms with Crippen LogP contribution in [0.2, 0.25) is 0 Å². The fourth-order valence-electron chi connectivity index (χ4n) is 11.8. The molecule has 2 aromatic heterocycles. The van der Waals surface area contributed by atoms with Gasteiger partial charge in [0.05, 0.1) is 0 Å². The SMILES string of the molecule is CC(C)c1cccc(C(C)C)c1C1=CN(c2cc(C(C)(C)C)cc(C(C)(C)C)c2)[CH-]N1c1[c-]c(Oc2[c-]c3c(c(C(C)(C)c4ccccc4)c2)c2ccccc2n3-c2cc(C(C)(C)c3ccccc3)ccn2)cc(-c2ccccc2)c1.[Pt]. The predicted molar refractivity (Wildman–Crippen MR) is 341 cm³/mol. The van der Waals surface area contributed by atoms with Gasteiger partial charge in [0, 0.05) is 66.6 Å². The van der Waals surface area contributed by atoms with E-state index in [2.05, 4.69) is 318 Å². The smallest absolute Gasteiger partial charge is 0.135 e. The number of ether oxygens (including phenoxy) is 1. The maximum Gasteiger partial charge on any atom is 0.135 e. The maximum atomic E-state index is 7.41. The van der Waals surface area contributed by atoms with Crippen LogP contribution in [-0.2, 0) is 42.7 Å². The standard InChI is InChI=1S/C76H77N4O.Pt/c1-50(2)63-34-26-35-64(51(3)4)71(63)69-48-78(59-42-57(73(5,6)7)41-58(43-59)74(8,9)10)49-79(69)60-39-53(52-27-18-15-19-28-52)40-61(45-60)81-62-46-66(76(13,14)55-31-22-17-23-32-55)72-65-33-24-25-36-67(65)80(68(72)47-62)70-44-56(37-38-77-70)75(11,12)54-29-20-16-21-30-54;/h15-44,46,48-51H,1-14H3;/q-3;. The Hall–Kier alpha value is -7.46. The molecule has 0 aliphatic carbocycles. The van der Waals surface area contributed by atoms with E-state index in [-0.39, 0.29) is 49.1 Å². The van der Waals surface area contributed by atoms with Crippen molar-refractivity contribution in [2.75, 3.05) is 9.80 Å². The molecule has 420 valence electrons. The van der Waals surface area contributed by atoms with Crippen molar-refractivity contribution >= 4 is 38.9 Å². The maximum absolute atomic E-state index is 7.41. The van der Waals surface area contributed by atoms with Crippen molar-refractivity contribution in [2.24, 2.45) is 0 Å². The molecule has 10 aromatic rings. The van der Waals surface area contributed by atoms with Crippen molar-refractivity contribution in [1.82, 2.24) is 9.55 Å². The normalized spacial score (nSPS) is 13.3. The minimum absolute atomic E-state index is 0. The summed E-state index contributed by atoms with van der Waals surface area (Å²) in [5.74, 6) is 2.53. The van der Waals surface area contributed by atoms with Crippen LogP contribution < -0.4 is 14.5 Å². The number of hydrogen-bond acceptors (Lipinski definition) is 4. The van der Waals surface area contributed by atoms with Crippen molar-refractivity contribution in [3.05, 3.63) is 263 Å². The Morgan fingerprint density at radius 2 is 1.07 bits per heavy atom. The molecule has 1 aliphatic rings. The van der Waals surface area contributed by atoms with E-state index in [1.54, 1.807) is 0 Å². The van der Waals surface area contributed by atoms with Gasteiger partial charge in [-0.2, -0.15) is 0 Å². The molecule has 0 radical (unpaired) electrons. The Balaban J connectivity index is 0.00000753. The van der Waals surface area contributed by atoms with Gasteiger partial charge in [-0.3, -0.25) is 0 Å². The van der Waals surface area contributed by atoms with E-state index >= 15 is 0 Å². The van der Waals surface area contributed by atoms with Gasteiger partial charge in [0.2, 0.25) is 0 Å². The second-order valence-electron chi connectivity index (χ2n) is 25.9. The summed E-state index contributed by atoms with van der Waals surface area (Å²) in [5, 5.41) is 2.24. The van der Waals surface area contributed by atoms with Gasteiger partial charge in [-0.1, -0.05) is 241 Å². The van der Waals surface area contributed by atoms with Crippen LogP contribution in [0.3, 0.4) is 0 Å². The Labute approximate surface area is 503 Å². The molecule has 0 fully saturated rings. The first-order chi connectivity index (χ1) is 38.6. The molecule has 11 rings (SSSR count). The summed E-state index contributed by atoms with van der Waals surface area (Å²) in [6.07, 6.45) is 4.29. The molecule has 8 aromatic carbocycles. The van der Waals surface area contributed by atoms with Gasteiger partial charge in [-0.05, 0) is 115 Å². The first-order valence-corrected chi connectivity index (χ1v) is 28.9. The molecule has 6 heteroatoms. The summed E-state index contributed by atoms with van der Waals surface area (Å²) in [4.78, 5) is 9.83. The number of benzene rings is 8. The van der Waals surface area contributed by atoms with Gasteiger partial charge < -0.3 is 19.1 Å². The Morgan fingerprint density at radius 3 is 1.67 bits per heavy atom. The second kappa shape index (κ2) is 22.4. The number of para-hydroxylation sites is 1. The van der Waals surface area contributed by atoms with E-state index in [0.717, 1.165) is 61.4 Å². The molecule has 0 atom stereocenters. The monoisotopic (exact) mass is 1260 g/mol. The van der Waals surface area contributed by atoms with Crippen molar-refractivity contribution in [3.63, 3.8) is 0 Å². The van der Waals surface area contributed by atoms with Crippen LogP contribution in [0.1, 0.15) is 159 Å². The van der Waals surface area contributed by atoms with Gasteiger partial charge in [0.25, 0.3) is 0 Å². The van der Waals surface area contributed by atoms with E-state index < -0.39 is 5.41 Å². The van der Waals surface area contributed by atoms with Gasteiger partial charge >= 0.3 is 0 Å². The first-order valence-electron chi connectivity index (χ1n) is 28.9. The number of rotatable bonds is 13. The molecule has 0 amide bonds. The first kappa shape index (κ1) is 57.8. The predicted octanol–water partition coefficient (Wildman–Crippen LogP) is 20.2. The third-order valence-corrected chi connectivity index (χ3v) is 16.8. The molecule has 0 N–H and O–H groups in total. The van der Waals surface area contributed by atoms with Crippen molar-refractivity contribution in [1.29, 1.82) is 0 Å². The molecular weight excluding hydrogens is 1180 g/mol. The van der Waals surface area contributed by atoms with Crippen molar-refractivity contribution in [3.8, 4) is 28.4 Å². The summed E-state index contributed by atoms with van der Waals surface area (Å²) in [6, 6.07) is 73.7. The van der Waals surface area contributed by atoms with Crippen LogP contribution in [0.5, 0.6) is 11.5 Å². The van der Waals surface area contributed by atoms with Gasteiger partial charge in [0.1, 0.15) is 5.82 Å². The molecule has 0 spiro atoms. The molecular formula is C76H77N4OPt-3. The van der Waals surface area contributed by atoms with E-state index in [4.69, 9.17) is 9.72 Å². The minimum Gasteiger partial charge on any atom is -0.509 e. The second-order valence-corrected chi connectivity index (χ2v) is 25.9. The van der Waals surface area contributed by atoms with Crippen LogP contribution in [0.4, 0.5) is 11.4 Å². The zero-order chi connectivity index (χ0) is 57.2. The molecule has 0 unspecified atom stereocenters. The molecule has 3 heterocycles. The van der Waals surface area contributed by atoms with Gasteiger partial charge in [0.15, 0.2) is 0 Å². The fourth-order valence-corrected chi connectivity index (χ4v) is 11.8. The van der Waals surface area contributed by atoms with Gasteiger partial charge in [-0.15, -0.1) is 53.8 Å². The summed E-state index contributed by atoms with van der Waals surface area (Å²) in [6.45, 7) is 34.5. The van der Waals surface area contributed by atoms with E-state index in [1.807, 2.05) is 6.20 Å². The molecule has 0 saturated carbocycles. The minimum atomic E-state index is -0.463. The van der Waals surface area contributed by atoms with E-state index in [9.17, 15) is 0 Å². The van der Waals surface area contributed by atoms with Crippen LogP contribution in [-0.4, -0.2) is 9.55 Å². The Morgan fingerprint density at radius 1 is 0.512 bits per heavy atom. The average Bonchev–Trinajstić information content (AvgIpc) is 4.19. The molecule has 1 aliphatic heterocycles. The summed E-state index contributed by atoms with van der Waals surface area (Å²) >= 11 is 0. The third-order valence-electron chi connectivity index (χ3n) is 16.8. The van der Waals surface area contributed by atoms with Gasteiger partial charge in [-0.25, -0.2) is 4.98 Å². The molecule has 0 bridgehead atoms. The number of aromatic nitrogens is 2. The van der Waals surface area contributed by atoms with Crippen LogP contribution >= 0.6 is 0 Å². The van der Waals surface area contributed by atoms with Crippen molar-refractivity contribution < 1.29 is 25.8 Å². The third kappa shape index (κ3) is 11.0. The summed E-state index contributed by atoms with van der Waals surface area (Å²) in [7, 11) is 0. The molecule has 0 saturated heterocycles. The fraction of sp³-hybridized carbons (Fsp3) is 0.263. The average molecular weight is 1260 g/mol. The van der Waals surface area contributed by atoms with Crippen molar-refractivity contribution in [2.45, 2.75) is 130 Å². The number of fused-ring (bicyclic) bond motifs is 3. The largest absolute Gasteiger partial charge is 0.509 e. The number of anilines is 2. The van der Waals surface area contributed by atoms with E-state index in [1.165, 1.54) is 44.5 Å². The van der Waals surface area contributed by atoms with Crippen LogP contribution in [0, 0.1) is 18.8 Å². The molecule has 82 heavy (non-hydrogen) atoms. The summed E-state index contributed by atoms with van der Waals surface area (Å²) < 4.78 is 9.69. The van der Waals surface area contributed by atoms with Crippen LogP contribution in [0.15, 0.2) is 194 Å². The number of pyridine rings is 1. The number of hydrogen-bond donors (Lipinski definition) is 0. The zero-order valence-electron chi connectivity index (χ0n) is 50.2. The zero-order valence-corrected chi connectivity index (χ0v) is 52.5. The molecule has 5 nitrogen and oxygen atoms in total. The van der Waals surface area contributed by atoms with Crippen LogP contribution in [0.25, 0.3) is 44.4 Å². The number of nitrogens with zero attached hydrogens (tertiary/aromatic N) is 4.